The Balaban J connectivity index is 2.05. The second-order valence-corrected chi connectivity index (χ2v) is 5.36. The van der Waals surface area contributed by atoms with Gasteiger partial charge in [-0.25, -0.2) is 4.98 Å². The number of rotatable bonds is 4. The van der Waals surface area contributed by atoms with E-state index in [1.54, 1.807) is 19.0 Å². The number of nitrogens with zero attached hydrogens (tertiary/aromatic N) is 3. The molecule has 0 radical (unpaired) electrons. The Hall–Kier alpha value is -1.82. The molecule has 2 rings (SSSR count). The molecule has 100 valence electrons. The maximum Gasteiger partial charge on any atom is 0.232 e. The third kappa shape index (κ3) is 3.57. The second-order valence-electron chi connectivity index (χ2n) is 4.41. The Morgan fingerprint density at radius 2 is 2.21 bits per heavy atom. The van der Waals surface area contributed by atoms with Gasteiger partial charge in [-0.15, -0.1) is 5.10 Å². The third-order valence-corrected chi connectivity index (χ3v) is 3.41. The van der Waals surface area contributed by atoms with Gasteiger partial charge in [0.05, 0.1) is 5.75 Å². The van der Waals surface area contributed by atoms with Crippen LogP contribution in [0.3, 0.4) is 0 Å². The molecule has 0 aliphatic rings. The fourth-order valence-corrected chi connectivity index (χ4v) is 2.26. The third-order valence-electron chi connectivity index (χ3n) is 2.58. The number of hydrogen-bond acceptors (Lipinski definition) is 4. The highest BCUT2D eigenvalue weighted by molar-refractivity contribution is 7.99. The van der Waals surface area contributed by atoms with E-state index in [-0.39, 0.29) is 5.91 Å². The first kappa shape index (κ1) is 13.6. The largest absolute Gasteiger partial charge is 0.348 e. The zero-order valence-electron chi connectivity index (χ0n) is 11.2. The molecule has 1 amide bonds. The van der Waals surface area contributed by atoms with E-state index >= 15 is 0 Å². The van der Waals surface area contributed by atoms with Crippen molar-refractivity contribution in [3.05, 3.63) is 29.8 Å². The first-order valence-corrected chi connectivity index (χ1v) is 6.87. The Morgan fingerprint density at radius 1 is 1.42 bits per heavy atom. The molecule has 1 N–H and O–H groups in total. The average molecular weight is 276 g/mol. The number of thioether (sulfide) groups is 1. The summed E-state index contributed by atoms with van der Waals surface area (Å²) >= 11 is 1.33. The van der Waals surface area contributed by atoms with Gasteiger partial charge in [0.2, 0.25) is 11.1 Å². The standard InChI is InChI=1S/C13H16N4OS/c1-9-5-4-6-10(7-9)12-14-13(16-15-12)19-8-11(18)17(2)3/h4-7H,8H2,1-3H3,(H,14,15,16). The van der Waals surface area contributed by atoms with Crippen molar-refractivity contribution >= 4 is 17.7 Å². The molecule has 0 saturated heterocycles. The monoisotopic (exact) mass is 276 g/mol. The van der Waals surface area contributed by atoms with E-state index in [1.807, 2.05) is 31.2 Å². The molecule has 2 aromatic rings. The average Bonchev–Trinajstić information content (AvgIpc) is 2.84. The highest BCUT2D eigenvalue weighted by atomic mass is 32.2. The SMILES string of the molecule is Cc1cccc(-c2nc(SCC(=O)N(C)C)n[nH]2)c1. The minimum absolute atomic E-state index is 0.0481. The summed E-state index contributed by atoms with van der Waals surface area (Å²) in [6.07, 6.45) is 0. The summed E-state index contributed by atoms with van der Waals surface area (Å²) < 4.78 is 0. The fraction of sp³-hybridized carbons (Fsp3) is 0.308. The summed E-state index contributed by atoms with van der Waals surface area (Å²) in [5.41, 5.74) is 2.17. The van der Waals surface area contributed by atoms with Crippen molar-refractivity contribution in [3.63, 3.8) is 0 Å². The molecule has 0 aliphatic carbocycles. The van der Waals surface area contributed by atoms with Crippen LogP contribution < -0.4 is 0 Å². The maximum atomic E-state index is 11.5. The van der Waals surface area contributed by atoms with Crippen LogP contribution in [0.4, 0.5) is 0 Å². The minimum Gasteiger partial charge on any atom is -0.348 e. The zero-order valence-corrected chi connectivity index (χ0v) is 12.0. The number of hydrogen-bond donors (Lipinski definition) is 1. The van der Waals surface area contributed by atoms with Gasteiger partial charge < -0.3 is 4.90 Å². The molecule has 1 heterocycles. The van der Waals surface area contributed by atoms with Crippen molar-refractivity contribution in [2.24, 2.45) is 0 Å². The predicted molar refractivity (Wildman–Crippen MR) is 76.0 cm³/mol. The van der Waals surface area contributed by atoms with Gasteiger partial charge in [0.1, 0.15) is 0 Å². The van der Waals surface area contributed by atoms with Crippen LogP contribution in [0.1, 0.15) is 5.56 Å². The lowest BCUT2D eigenvalue weighted by atomic mass is 10.1. The van der Waals surface area contributed by atoms with Crippen LogP contribution >= 0.6 is 11.8 Å². The molecule has 1 aromatic heterocycles. The minimum atomic E-state index is 0.0481. The number of aromatic nitrogens is 3. The number of carbonyl (C=O) groups excluding carboxylic acids is 1. The fourth-order valence-electron chi connectivity index (χ4n) is 1.49. The Bertz CT molecular complexity index is 580. The Morgan fingerprint density at radius 3 is 2.89 bits per heavy atom. The molecule has 6 heteroatoms. The highest BCUT2D eigenvalue weighted by Crippen LogP contribution is 2.19. The number of nitrogens with one attached hydrogen (secondary N) is 1. The molecule has 19 heavy (non-hydrogen) atoms. The predicted octanol–water partition coefficient (Wildman–Crippen LogP) is 1.96. The smallest absolute Gasteiger partial charge is 0.232 e. The van der Waals surface area contributed by atoms with Gasteiger partial charge in [-0.2, -0.15) is 0 Å². The van der Waals surface area contributed by atoms with Crippen molar-refractivity contribution in [2.45, 2.75) is 12.1 Å². The summed E-state index contributed by atoms with van der Waals surface area (Å²) in [5, 5.41) is 7.59. The molecular weight excluding hydrogens is 260 g/mol. The Labute approximate surface area is 116 Å². The lowest BCUT2D eigenvalue weighted by Crippen LogP contribution is -2.23. The van der Waals surface area contributed by atoms with Crippen LogP contribution in [-0.2, 0) is 4.79 Å². The normalized spacial score (nSPS) is 10.5. The van der Waals surface area contributed by atoms with Gasteiger partial charge >= 0.3 is 0 Å². The summed E-state index contributed by atoms with van der Waals surface area (Å²) in [7, 11) is 3.47. The number of aromatic amines is 1. The molecular formula is C13H16N4OS. The molecule has 0 atom stereocenters. The number of benzene rings is 1. The van der Waals surface area contributed by atoms with Crippen LogP contribution in [0.25, 0.3) is 11.4 Å². The molecule has 0 fully saturated rings. The quantitative estimate of drug-likeness (QED) is 0.867. The van der Waals surface area contributed by atoms with Gasteiger partial charge in [0.25, 0.3) is 0 Å². The van der Waals surface area contributed by atoms with Crippen molar-refractivity contribution in [3.8, 4) is 11.4 Å². The van der Waals surface area contributed by atoms with E-state index in [9.17, 15) is 4.79 Å². The second kappa shape index (κ2) is 5.88. The van der Waals surface area contributed by atoms with Gasteiger partial charge in [-0.3, -0.25) is 9.89 Å². The van der Waals surface area contributed by atoms with Crippen LogP contribution in [0.2, 0.25) is 0 Å². The lowest BCUT2D eigenvalue weighted by Gasteiger charge is -2.07. The van der Waals surface area contributed by atoms with E-state index < -0.39 is 0 Å². The topological polar surface area (TPSA) is 61.9 Å². The first-order chi connectivity index (χ1) is 9.06. The van der Waals surface area contributed by atoms with E-state index in [1.165, 1.54) is 17.3 Å². The van der Waals surface area contributed by atoms with E-state index in [0.29, 0.717) is 10.9 Å². The summed E-state index contributed by atoms with van der Waals surface area (Å²) in [4.78, 5) is 17.4. The van der Waals surface area contributed by atoms with Crippen molar-refractivity contribution < 1.29 is 4.79 Å². The van der Waals surface area contributed by atoms with Crippen LogP contribution in [0, 0.1) is 6.92 Å². The van der Waals surface area contributed by atoms with Crippen molar-refractivity contribution in [1.29, 1.82) is 0 Å². The summed E-state index contributed by atoms with van der Waals surface area (Å²) in [6.45, 7) is 2.03. The maximum absolute atomic E-state index is 11.5. The lowest BCUT2D eigenvalue weighted by molar-refractivity contribution is -0.125. The van der Waals surface area contributed by atoms with E-state index in [4.69, 9.17) is 0 Å². The number of amides is 1. The number of H-pyrrole nitrogens is 1. The van der Waals surface area contributed by atoms with Crippen LogP contribution in [0.5, 0.6) is 0 Å². The van der Waals surface area contributed by atoms with Gasteiger partial charge in [0.15, 0.2) is 5.82 Å². The zero-order chi connectivity index (χ0) is 13.8. The first-order valence-electron chi connectivity index (χ1n) is 5.88. The number of aryl methyl sites for hydroxylation is 1. The van der Waals surface area contributed by atoms with Crippen molar-refractivity contribution in [1.82, 2.24) is 20.1 Å². The van der Waals surface area contributed by atoms with Crippen LogP contribution in [-0.4, -0.2) is 45.8 Å². The molecule has 0 aliphatic heterocycles. The molecule has 0 bridgehead atoms. The molecule has 5 nitrogen and oxygen atoms in total. The van der Waals surface area contributed by atoms with E-state index in [0.717, 1.165) is 11.4 Å². The molecule has 0 saturated carbocycles. The molecule has 1 aromatic carbocycles. The highest BCUT2D eigenvalue weighted by Gasteiger charge is 2.09. The van der Waals surface area contributed by atoms with Crippen molar-refractivity contribution in [2.75, 3.05) is 19.8 Å². The van der Waals surface area contributed by atoms with Gasteiger partial charge in [-0.05, 0) is 13.0 Å². The van der Waals surface area contributed by atoms with Crippen LogP contribution in [0.15, 0.2) is 29.4 Å². The summed E-state index contributed by atoms with van der Waals surface area (Å²) in [6, 6.07) is 8.04. The van der Waals surface area contributed by atoms with E-state index in [2.05, 4.69) is 15.2 Å². The Kier molecular flexibility index (Phi) is 4.21. The molecule has 0 unspecified atom stereocenters. The van der Waals surface area contributed by atoms with Gasteiger partial charge in [-0.1, -0.05) is 35.5 Å². The molecule has 0 spiro atoms. The summed E-state index contributed by atoms with van der Waals surface area (Å²) in [5.74, 6) is 1.12. The number of carbonyl (C=O) groups is 1. The van der Waals surface area contributed by atoms with Gasteiger partial charge in [0, 0.05) is 19.7 Å².